The van der Waals surface area contributed by atoms with Crippen molar-refractivity contribution in [1.82, 2.24) is 15.1 Å². The van der Waals surface area contributed by atoms with Crippen LogP contribution in [0.25, 0.3) is 0 Å². The van der Waals surface area contributed by atoms with Gasteiger partial charge in [-0.25, -0.2) is 4.79 Å². The third-order valence-electron chi connectivity index (χ3n) is 3.47. The Morgan fingerprint density at radius 3 is 2.75 bits per heavy atom. The van der Waals surface area contributed by atoms with Gasteiger partial charge in [-0.2, -0.15) is 18.3 Å². The van der Waals surface area contributed by atoms with E-state index in [-0.39, 0.29) is 12.1 Å². The smallest absolute Gasteiger partial charge is 0.435 e. The highest BCUT2D eigenvalue weighted by Crippen LogP contribution is 2.34. The summed E-state index contributed by atoms with van der Waals surface area (Å²) in [6.45, 7) is 1.60. The van der Waals surface area contributed by atoms with Gasteiger partial charge in [0.1, 0.15) is 0 Å². The molecule has 1 N–H and O–H groups in total. The van der Waals surface area contributed by atoms with E-state index in [9.17, 15) is 18.0 Å². The van der Waals surface area contributed by atoms with Gasteiger partial charge >= 0.3 is 12.3 Å². The zero-order valence-electron chi connectivity index (χ0n) is 11.2. The molecule has 1 aliphatic carbocycles. The first-order valence-corrected chi connectivity index (χ1v) is 6.29. The van der Waals surface area contributed by atoms with Crippen LogP contribution in [0.5, 0.6) is 0 Å². The number of methoxy groups -OCH3 is 1. The number of rotatable bonds is 2. The van der Waals surface area contributed by atoms with E-state index < -0.39 is 18.0 Å². The van der Waals surface area contributed by atoms with Gasteiger partial charge in [-0.15, -0.1) is 0 Å². The molecule has 0 aliphatic heterocycles. The van der Waals surface area contributed by atoms with Crippen LogP contribution in [0.1, 0.15) is 36.7 Å². The zero-order valence-corrected chi connectivity index (χ0v) is 11.2. The Morgan fingerprint density at radius 1 is 1.50 bits per heavy atom. The maximum Gasteiger partial charge on any atom is 0.435 e. The summed E-state index contributed by atoms with van der Waals surface area (Å²) in [5.41, 5.74) is -0.402. The molecule has 0 radical (unpaired) electrons. The summed E-state index contributed by atoms with van der Waals surface area (Å²) in [4.78, 5) is 11.1. The topological polar surface area (TPSA) is 56.1 Å². The summed E-state index contributed by atoms with van der Waals surface area (Å²) in [7, 11) is 1.27. The van der Waals surface area contributed by atoms with Crippen LogP contribution in [-0.4, -0.2) is 29.0 Å². The number of aryl methyl sites for hydroxylation is 1. The van der Waals surface area contributed by atoms with Crippen LogP contribution in [-0.2, 0) is 10.9 Å². The number of hydrogen-bond acceptors (Lipinski definition) is 3. The summed E-state index contributed by atoms with van der Waals surface area (Å²) in [5.74, 6) is 0. The summed E-state index contributed by atoms with van der Waals surface area (Å²) >= 11 is 0. The molecule has 20 heavy (non-hydrogen) atoms. The van der Waals surface area contributed by atoms with Crippen LogP contribution in [0.15, 0.2) is 6.07 Å². The molecule has 112 valence electrons. The van der Waals surface area contributed by atoms with Gasteiger partial charge in [0.15, 0.2) is 5.69 Å². The number of carbonyl (C=O) groups is 1. The summed E-state index contributed by atoms with van der Waals surface area (Å²) in [6.07, 6.45) is -3.04. The van der Waals surface area contributed by atoms with Crippen molar-refractivity contribution in [2.75, 3.05) is 7.11 Å². The molecule has 2 rings (SSSR count). The lowest BCUT2D eigenvalue weighted by molar-refractivity contribution is -0.141. The van der Waals surface area contributed by atoms with E-state index in [1.807, 2.05) is 0 Å². The Labute approximate surface area is 114 Å². The number of hydrogen-bond donors (Lipinski definition) is 1. The Hall–Kier alpha value is -1.73. The van der Waals surface area contributed by atoms with Crippen LogP contribution in [0.4, 0.5) is 18.0 Å². The largest absolute Gasteiger partial charge is 0.453 e. The number of nitrogens with zero attached hydrogens (tertiary/aromatic N) is 2. The van der Waals surface area contributed by atoms with Crippen molar-refractivity contribution in [3.63, 3.8) is 0 Å². The van der Waals surface area contributed by atoms with Crippen LogP contribution in [0.2, 0.25) is 0 Å². The molecule has 0 bridgehead atoms. The summed E-state index contributed by atoms with van der Waals surface area (Å²) < 4.78 is 43.7. The van der Waals surface area contributed by atoms with E-state index in [1.165, 1.54) is 11.8 Å². The first kappa shape index (κ1) is 14.7. The molecule has 8 heteroatoms. The predicted octanol–water partition coefficient (Wildman–Crippen LogP) is 2.66. The third-order valence-corrected chi connectivity index (χ3v) is 3.47. The van der Waals surface area contributed by atoms with Crippen molar-refractivity contribution in [1.29, 1.82) is 0 Å². The van der Waals surface area contributed by atoms with Crippen LogP contribution in [0.3, 0.4) is 0 Å². The lowest BCUT2D eigenvalue weighted by Crippen LogP contribution is -2.32. The SMILES string of the molecule is COC(=O)NC1CCC(n2nc(C(F)(F)F)cc2C)C1. The second-order valence-corrected chi connectivity index (χ2v) is 4.91. The van der Waals surface area contributed by atoms with Crippen molar-refractivity contribution in [3.8, 4) is 0 Å². The Balaban J connectivity index is 2.07. The van der Waals surface area contributed by atoms with E-state index >= 15 is 0 Å². The Bertz CT molecular complexity index is 499. The minimum absolute atomic E-state index is 0.0922. The van der Waals surface area contributed by atoms with Gasteiger partial charge in [-0.05, 0) is 32.3 Å². The first-order chi connectivity index (χ1) is 9.31. The van der Waals surface area contributed by atoms with Crippen molar-refractivity contribution < 1.29 is 22.7 Å². The van der Waals surface area contributed by atoms with Crippen molar-refractivity contribution in [2.24, 2.45) is 0 Å². The molecule has 2 atom stereocenters. The van der Waals surface area contributed by atoms with Crippen LogP contribution in [0, 0.1) is 6.92 Å². The van der Waals surface area contributed by atoms with E-state index in [2.05, 4.69) is 15.2 Å². The highest BCUT2D eigenvalue weighted by molar-refractivity contribution is 5.67. The van der Waals surface area contributed by atoms with Crippen LogP contribution < -0.4 is 5.32 Å². The molecule has 5 nitrogen and oxygen atoms in total. The minimum Gasteiger partial charge on any atom is -0.453 e. The highest BCUT2D eigenvalue weighted by atomic mass is 19.4. The molecule has 0 saturated heterocycles. The number of aromatic nitrogens is 2. The molecular formula is C12H16F3N3O2. The normalized spacial score (nSPS) is 22.9. The number of alkyl halides is 3. The van der Waals surface area contributed by atoms with E-state index in [4.69, 9.17) is 0 Å². The second kappa shape index (κ2) is 5.34. The molecule has 1 heterocycles. The van der Waals surface area contributed by atoms with Gasteiger partial charge in [-0.3, -0.25) is 4.68 Å². The number of nitrogens with one attached hydrogen (secondary N) is 1. The third kappa shape index (κ3) is 3.05. The second-order valence-electron chi connectivity index (χ2n) is 4.91. The molecule has 2 unspecified atom stereocenters. The van der Waals surface area contributed by atoms with Crippen molar-refractivity contribution in [3.05, 3.63) is 17.5 Å². The lowest BCUT2D eigenvalue weighted by Gasteiger charge is -2.14. The van der Waals surface area contributed by atoms with Gasteiger partial charge in [-0.1, -0.05) is 0 Å². The van der Waals surface area contributed by atoms with Crippen molar-refractivity contribution >= 4 is 6.09 Å². The first-order valence-electron chi connectivity index (χ1n) is 6.29. The van der Waals surface area contributed by atoms with E-state index in [1.54, 1.807) is 6.92 Å². The molecule has 0 spiro atoms. The number of amides is 1. The van der Waals surface area contributed by atoms with E-state index in [0.717, 1.165) is 6.07 Å². The molecule has 1 aromatic heterocycles. The van der Waals surface area contributed by atoms with Gasteiger partial charge in [0.25, 0.3) is 0 Å². The van der Waals surface area contributed by atoms with Gasteiger partial charge < -0.3 is 10.1 Å². The molecule has 1 aromatic rings. The monoisotopic (exact) mass is 291 g/mol. The standard InChI is InChI=1S/C12H16F3N3O2/c1-7-5-10(12(13,14)15)17-18(7)9-4-3-8(6-9)16-11(19)20-2/h5,8-9H,3-4,6H2,1-2H3,(H,16,19). The van der Waals surface area contributed by atoms with Gasteiger partial charge in [0.2, 0.25) is 0 Å². The van der Waals surface area contributed by atoms with E-state index in [0.29, 0.717) is 25.0 Å². The highest BCUT2D eigenvalue weighted by Gasteiger charge is 2.36. The summed E-state index contributed by atoms with van der Waals surface area (Å²) in [6, 6.07) is 0.819. The van der Waals surface area contributed by atoms with Gasteiger partial charge in [0, 0.05) is 11.7 Å². The zero-order chi connectivity index (χ0) is 14.9. The maximum absolute atomic E-state index is 12.6. The molecular weight excluding hydrogens is 275 g/mol. The molecule has 1 fully saturated rings. The summed E-state index contributed by atoms with van der Waals surface area (Å²) in [5, 5.41) is 6.30. The number of carbonyl (C=O) groups excluding carboxylic acids is 1. The van der Waals surface area contributed by atoms with Gasteiger partial charge in [0.05, 0.1) is 13.2 Å². The minimum atomic E-state index is -4.43. The fourth-order valence-electron chi connectivity index (χ4n) is 2.53. The molecule has 1 aliphatic rings. The fraction of sp³-hybridized carbons (Fsp3) is 0.667. The molecule has 0 aromatic carbocycles. The quantitative estimate of drug-likeness (QED) is 0.911. The lowest BCUT2D eigenvalue weighted by atomic mass is 10.2. The van der Waals surface area contributed by atoms with Crippen molar-refractivity contribution in [2.45, 2.75) is 44.4 Å². The average Bonchev–Trinajstić information content (AvgIpc) is 2.94. The Kier molecular flexibility index (Phi) is 3.92. The predicted molar refractivity (Wildman–Crippen MR) is 64.2 cm³/mol. The number of ether oxygens (including phenoxy) is 1. The fourth-order valence-corrected chi connectivity index (χ4v) is 2.53. The average molecular weight is 291 g/mol. The Morgan fingerprint density at radius 2 is 2.20 bits per heavy atom. The number of alkyl carbamates (subject to hydrolysis) is 1. The number of halogens is 3. The molecule has 1 saturated carbocycles. The molecule has 1 amide bonds. The van der Waals surface area contributed by atoms with Crippen LogP contribution >= 0.6 is 0 Å². The maximum atomic E-state index is 12.6.